The van der Waals surface area contributed by atoms with Crippen molar-refractivity contribution in [2.24, 2.45) is 5.73 Å². The van der Waals surface area contributed by atoms with Crippen LogP contribution in [-0.4, -0.2) is 23.6 Å². The zero-order chi connectivity index (χ0) is 14.5. The normalized spacial score (nSPS) is 12.6. The van der Waals surface area contributed by atoms with Gasteiger partial charge in [0.15, 0.2) is 0 Å². The molecule has 1 atom stereocenters. The summed E-state index contributed by atoms with van der Waals surface area (Å²) in [4.78, 5) is 23.0. The Morgan fingerprint density at radius 3 is 2.32 bits per heavy atom. The molecule has 0 saturated heterocycles. The van der Waals surface area contributed by atoms with Gasteiger partial charge in [-0.25, -0.2) is 9.59 Å². The molecule has 1 aromatic rings. The van der Waals surface area contributed by atoms with E-state index in [-0.39, 0.29) is 0 Å². The number of carbonyl (C=O) groups is 2. The number of primary amides is 1. The van der Waals surface area contributed by atoms with Gasteiger partial charge in [-0.1, -0.05) is 30.3 Å². The molecule has 0 aliphatic carbocycles. The maximum atomic E-state index is 12.0. The lowest BCUT2D eigenvalue weighted by atomic mass is 10.1. The maximum Gasteiger partial charge on any atom is 0.329 e. The van der Waals surface area contributed by atoms with Gasteiger partial charge in [-0.2, -0.15) is 0 Å². The summed E-state index contributed by atoms with van der Waals surface area (Å²) in [6.45, 7) is 5.32. The molecule has 19 heavy (non-hydrogen) atoms. The third kappa shape index (κ3) is 5.90. The van der Waals surface area contributed by atoms with Crippen molar-refractivity contribution in [2.45, 2.75) is 38.8 Å². The largest absolute Gasteiger partial charge is 0.458 e. The van der Waals surface area contributed by atoms with Crippen molar-refractivity contribution in [2.75, 3.05) is 0 Å². The molecule has 0 aliphatic rings. The summed E-state index contributed by atoms with van der Waals surface area (Å²) in [5, 5.41) is 2.42. The first kappa shape index (κ1) is 15.0. The molecule has 0 fully saturated rings. The minimum atomic E-state index is -0.779. The number of rotatable bonds is 4. The van der Waals surface area contributed by atoms with E-state index in [2.05, 4.69) is 5.32 Å². The number of nitrogens with two attached hydrogens (primary N) is 1. The summed E-state index contributed by atoms with van der Waals surface area (Å²) < 4.78 is 5.26. The number of hydrogen-bond donors (Lipinski definition) is 2. The van der Waals surface area contributed by atoms with Crippen molar-refractivity contribution >= 4 is 12.0 Å². The molecule has 0 bridgehead atoms. The molecule has 2 amide bonds. The number of nitrogens with one attached hydrogen (secondary N) is 1. The van der Waals surface area contributed by atoms with Crippen molar-refractivity contribution < 1.29 is 14.3 Å². The lowest BCUT2D eigenvalue weighted by molar-refractivity contribution is -0.157. The molecule has 1 rings (SSSR count). The SMILES string of the molecule is CC(C)(C)OC(=O)[C@H](Cc1ccccc1)NC(N)=O. The molecule has 0 saturated carbocycles. The van der Waals surface area contributed by atoms with E-state index >= 15 is 0 Å². The topological polar surface area (TPSA) is 81.4 Å². The Hall–Kier alpha value is -2.04. The zero-order valence-electron chi connectivity index (χ0n) is 11.5. The number of hydrogen-bond acceptors (Lipinski definition) is 3. The third-order valence-corrected chi connectivity index (χ3v) is 2.29. The molecule has 5 nitrogen and oxygen atoms in total. The second kappa shape index (κ2) is 6.22. The van der Waals surface area contributed by atoms with Gasteiger partial charge in [0.2, 0.25) is 0 Å². The Labute approximate surface area is 113 Å². The molecule has 3 N–H and O–H groups in total. The van der Waals surface area contributed by atoms with Gasteiger partial charge in [0.25, 0.3) is 0 Å². The van der Waals surface area contributed by atoms with Crippen molar-refractivity contribution in [3.63, 3.8) is 0 Å². The van der Waals surface area contributed by atoms with Gasteiger partial charge in [0, 0.05) is 6.42 Å². The lowest BCUT2D eigenvalue weighted by Gasteiger charge is -2.24. The number of urea groups is 1. The maximum absolute atomic E-state index is 12.0. The zero-order valence-corrected chi connectivity index (χ0v) is 11.5. The van der Waals surface area contributed by atoms with Gasteiger partial charge in [0.05, 0.1) is 0 Å². The summed E-state index contributed by atoms with van der Waals surface area (Å²) in [7, 11) is 0. The average molecular weight is 264 g/mol. The van der Waals surface area contributed by atoms with Crippen LogP contribution in [0.5, 0.6) is 0 Å². The molecule has 0 aliphatic heterocycles. The predicted octanol–water partition coefficient (Wildman–Crippen LogP) is 1.61. The molecule has 5 heteroatoms. The summed E-state index contributed by atoms with van der Waals surface area (Å²) in [5.74, 6) is -0.491. The standard InChI is InChI=1S/C14H20N2O3/c1-14(2,3)19-12(17)11(16-13(15)18)9-10-7-5-4-6-8-10/h4-8,11H,9H2,1-3H3,(H3,15,16,18)/t11-/m0/s1. The summed E-state index contributed by atoms with van der Waals surface area (Å²) in [5.41, 5.74) is 5.41. The first-order valence-corrected chi connectivity index (χ1v) is 6.11. The third-order valence-electron chi connectivity index (χ3n) is 2.29. The van der Waals surface area contributed by atoms with Crippen LogP contribution in [0.15, 0.2) is 30.3 Å². The molecule has 1 aromatic carbocycles. The second-order valence-electron chi connectivity index (χ2n) is 5.28. The van der Waals surface area contributed by atoms with Gasteiger partial charge >= 0.3 is 12.0 Å². The van der Waals surface area contributed by atoms with Crippen LogP contribution in [0, 0.1) is 0 Å². The van der Waals surface area contributed by atoms with Crippen LogP contribution < -0.4 is 11.1 Å². The predicted molar refractivity (Wildman–Crippen MR) is 72.5 cm³/mol. The van der Waals surface area contributed by atoms with E-state index in [0.29, 0.717) is 6.42 Å². The average Bonchev–Trinajstić information content (AvgIpc) is 2.26. The van der Waals surface area contributed by atoms with Gasteiger partial charge < -0.3 is 15.8 Å². The molecule has 0 unspecified atom stereocenters. The fraction of sp³-hybridized carbons (Fsp3) is 0.429. The number of esters is 1. The smallest absolute Gasteiger partial charge is 0.329 e. The molecule has 0 spiro atoms. The van der Waals surface area contributed by atoms with E-state index in [1.807, 2.05) is 30.3 Å². The number of amides is 2. The van der Waals surface area contributed by atoms with Crippen molar-refractivity contribution in [1.82, 2.24) is 5.32 Å². The Kier molecular flexibility index (Phi) is 4.92. The van der Waals surface area contributed by atoms with E-state index < -0.39 is 23.6 Å². The van der Waals surface area contributed by atoms with E-state index in [9.17, 15) is 9.59 Å². The second-order valence-corrected chi connectivity index (χ2v) is 5.28. The number of benzene rings is 1. The van der Waals surface area contributed by atoms with Gasteiger partial charge in [-0.3, -0.25) is 0 Å². The number of carbonyl (C=O) groups excluding carboxylic acids is 2. The Bertz CT molecular complexity index is 438. The Balaban J connectivity index is 2.77. The fourth-order valence-corrected chi connectivity index (χ4v) is 1.59. The van der Waals surface area contributed by atoms with E-state index in [1.165, 1.54) is 0 Å². The molecular weight excluding hydrogens is 244 g/mol. The van der Waals surface area contributed by atoms with Crippen LogP contribution >= 0.6 is 0 Å². The highest BCUT2D eigenvalue weighted by atomic mass is 16.6. The first-order chi connectivity index (χ1) is 8.78. The van der Waals surface area contributed by atoms with Crippen LogP contribution in [0.1, 0.15) is 26.3 Å². The van der Waals surface area contributed by atoms with Gasteiger partial charge in [0.1, 0.15) is 11.6 Å². The highest BCUT2D eigenvalue weighted by Crippen LogP contribution is 2.11. The monoisotopic (exact) mass is 264 g/mol. The minimum absolute atomic E-state index is 0.346. The van der Waals surface area contributed by atoms with Crippen molar-refractivity contribution in [1.29, 1.82) is 0 Å². The quantitative estimate of drug-likeness (QED) is 0.810. The minimum Gasteiger partial charge on any atom is -0.458 e. The summed E-state index contributed by atoms with van der Waals surface area (Å²) >= 11 is 0. The lowest BCUT2D eigenvalue weighted by Crippen LogP contribution is -2.47. The van der Waals surface area contributed by atoms with E-state index in [1.54, 1.807) is 20.8 Å². The highest BCUT2D eigenvalue weighted by Gasteiger charge is 2.26. The van der Waals surface area contributed by atoms with Crippen LogP contribution in [0.4, 0.5) is 4.79 Å². The molecule has 0 aromatic heterocycles. The number of ether oxygens (including phenoxy) is 1. The van der Waals surface area contributed by atoms with Gasteiger partial charge in [-0.05, 0) is 26.3 Å². The first-order valence-electron chi connectivity index (χ1n) is 6.11. The molecule has 0 heterocycles. The highest BCUT2D eigenvalue weighted by molar-refractivity contribution is 5.83. The Morgan fingerprint density at radius 2 is 1.84 bits per heavy atom. The van der Waals surface area contributed by atoms with Gasteiger partial charge in [-0.15, -0.1) is 0 Å². The van der Waals surface area contributed by atoms with E-state index in [4.69, 9.17) is 10.5 Å². The summed E-state index contributed by atoms with van der Waals surface area (Å²) in [6, 6.07) is 7.84. The van der Waals surface area contributed by atoms with Crippen molar-refractivity contribution in [3.05, 3.63) is 35.9 Å². The molecule has 0 radical (unpaired) electrons. The molecule has 104 valence electrons. The summed E-state index contributed by atoms with van der Waals surface area (Å²) in [6.07, 6.45) is 0.346. The van der Waals surface area contributed by atoms with E-state index in [0.717, 1.165) is 5.56 Å². The molecular formula is C14H20N2O3. The van der Waals surface area contributed by atoms with Crippen molar-refractivity contribution in [3.8, 4) is 0 Å². The van der Waals surface area contributed by atoms with Crippen LogP contribution in [0.25, 0.3) is 0 Å². The van der Waals surface area contributed by atoms with Crippen LogP contribution in [-0.2, 0) is 16.0 Å². The van der Waals surface area contributed by atoms with Crippen LogP contribution in [0.3, 0.4) is 0 Å². The fourth-order valence-electron chi connectivity index (χ4n) is 1.59. The van der Waals surface area contributed by atoms with Crippen LogP contribution in [0.2, 0.25) is 0 Å². The Morgan fingerprint density at radius 1 is 1.26 bits per heavy atom.